The number of carbonyl (C=O) groups excluding carboxylic acids is 1. The van der Waals surface area contributed by atoms with Crippen molar-refractivity contribution in [3.05, 3.63) is 187 Å². The van der Waals surface area contributed by atoms with E-state index in [1.165, 1.54) is 7.11 Å². The highest BCUT2D eigenvalue weighted by Crippen LogP contribution is 2.43. The second kappa shape index (κ2) is 15.6. The Morgan fingerprint density at radius 1 is 0.588 bits per heavy atom. The molecule has 14 heteroatoms. The molecule has 0 fully saturated rings. The number of imidazole rings is 1. The van der Waals surface area contributed by atoms with E-state index in [0.717, 1.165) is 89.3 Å². The zero-order chi connectivity index (χ0) is 46.3. The molecule has 0 aliphatic heterocycles. The second-order valence-electron chi connectivity index (χ2n) is 16.3. The number of aromatic hydroxyl groups is 1. The molecule has 4 aromatic heterocycles. The molecule has 8 aromatic carbocycles. The van der Waals surface area contributed by atoms with Crippen molar-refractivity contribution in [3.8, 4) is 57.3 Å². The van der Waals surface area contributed by atoms with E-state index in [-0.39, 0.29) is 16.9 Å². The van der Waals surface area contributed by atoms with E-state index in [1.807, 2.05) is 103 Å². The minimum Gasteiger partial charge on any atom is -0.507 e. The third-order valence-electron chi connectivity index (χ3n) is 12.3. The minimum atomic E-state index is -4.80. The van der Waals surface area contributed by atoms with Gasteiger partial charge in [0.25, 0.3) is 10.1 Å². The van der Waals surface area contributed by atoms with Crippen LogP contribution in [0.1, 0.15) is 15.9 Å². The Balaban J connectivity index is 1.13. The molecule has 0 aliphatic rings. The van der Waals surface area contributed by atoms with Gasteiger partial charge in [0.15, 0.2) is 17.4 Å². The van der Waals surface area contributed by atoms with E-state index in [0.29, 0.717) is 23.3 Å². The number of fused-ring (bicyclic) bond motifs is 8. The van der Waals surface area contributed by atoms with Crippen molar-refractivity contribution in [2.75, 3.05) is 7.11 Å². The molecule has 68 heavy (non-hydrogen) atoms. The summed E-state index contributed by atoms with van der Waals surface area (Å²) in [7, 11) is -3.60. The Hall–Kier alpha value is -8.98. The fraction of sp³-hybridized carbons (Fsp3) is 0.0185. The maximum Gasteiger partial charge on any atom is 0.298 e. The van der Waals surface area contributed by atoms with Gasteiger partial charge < -0.3 is 19.4 Å². The molecule has 0 amide bonds. The Labute approximate surface area is 387 Å². The number of nitrogens with one attached hydrogen (secondary N) is 1. The summed E-state index contributed by atoms with van der Waals surface area (Å²) in [4.78, 5) is 37.3. The van der Waals surface area contributed by atoms with Gasteiger partial charge in [-0.25, -0.2) is 9.97 Å². The Morgan fingerprint density at radius 3 is 1.88 bits per heavy atom. The maximum atomic E-state index is 14.0. The summed E-state index contributed by atoms with van der Waals surface area (Å²) in [6, 6.07) is 55.0. The Kier molecular flexibility index (Phi) is 9.29. The number of aromatic nitrogens is 7. The SMILES string of the molecule is COc1cc(O)c(C(=O)c2ccc(-n3c4ccccc4c4ccc5c6cc(-c7nc8ccccc8[nH]7)ccc6n(-c6nc(-c7ccccc7)nc(-c7ccccc7)n6)c5c43)cc2)cc1S(=O)(=O)O. The molecule has 0 spiro atoms. The number of methoxy groups -OCH3 is 1. The van der Waals surface area contributed by atoms with Crippen molar-refractivity contribution in [1.82, 2.24) is 34.1 Å². The van der Waals surface area contributed by atoms with Crippen LogP contribution in [0.5, 0.6) is 11.5 Å². The van der Waals surface area contributed by atoms with Crippen LogP contribution in [-0.4, -0.2) is 65.0 Å². The number of ketones is 1. The van der Waals surface area contributed by atoms with Crippen LogP contribution in [0.3, 0.4) is 0 Å². The summed E-state index contributed by atoms with van der Waals surface area (Å²) < 4.78 is 43.7. The standard InChI is InChI=1S/C54H35N7O6S/c1-67-46-30-45(62)40(29-47(46)68(64,65)66)50(63)31-20-23-35(24-21-31)60-43-19-11-8-16-36(43)37-25-26-38-39-28-34(53-55-41-17-9-10-18-42(41)56-53)22-27-44(39)61(49(38)48(37)60)54-58-51(32-12-4-2-5-13-32)57-52(59-54)33-14-6-3-7-15-33/h2-30,62H,1H3,(H,55,56)(H,64,65,66). The van der Waals surface area contributed by atoms with Crippen molar-refractivity contribution in [2.24, 2.45) is 0 Å². The van der Waals surface area contributed by atoms with Gasteiger partial charge in [-0.1, -0.05) is 103 Å². The van der Waals surface area contributed by atoms with Crippen molar-refractivity contribution < 1.29 is 27.6 Å². The zero-order valence-corrected chi connectivity index (χ0v) is 36.7. The molecular formula is C54H35N7O6S. The number of phenols is 1. The molecule has 0 aliphatic carbocycles. The van der Waals surface area contributed by atoms with Gasteiger partial charge in [-0.15, -0.1) is 0 Å². The average Bonchev–Trinajstić information content (AvgIpc) is 4.06. The van der Waals surface area contributed by atoms with Gasteiger partial charge >= 0.3 is 0 Å². The van der Waals surface area contributed by atoms with Crippen LogP contribution in [0.25, 0.3) is 100 Å². The minimum absolute atomic E-state index is 0.167. The number of hydrogen-bond donors (Lipinski definition) is 3. The van der Waals surface area contributed by atoms with Crippen LogP contribution in [-0.2, 0) is 10.1 Å². The summed E-state index contributed by atoms with van der Waals surface area (Å²) in [6.45, 7) is 0. The summed E-state index contributed by atoms with van der Waals surface area (Å²) in [5.41, 5.74) is 8.30. The zero-order valence-electron chi connectivity index (χ0n) is 35.9. The van der Waals surface area contributed by atoms with Crippen LogP contribution in [0, 0.1) is 0 Å². The lowest BCUT2D eigenvalue weighted by Gasteiger charge is -2.14. The van der Waals surface area contributed by atoms with Gasteiger partial charge in [0.2, 0.25) is 5.95 Å². The van der Waals surface area contributed by atoms with E-state index in [1.54, 1.807) is 24.3 Å². The molecule has 3 N–H and O–H groups in total. The van der Waals surface area contributed by atoms with Gasteiger partial charge in [0, 0.05) is 55.6 Å². The molecule has 0 saturated heterocycles. The van der Waals surface area contributed by atoms with Crippen LogP contribution < -0.4 is 4.74 Å². The Morgan fingerprint density at radius 2 is 1.21 bits per heavy atom. The van der Waals surface area contributed by atoms with E-state index in [4.69, 9.17) is 24.7 Å². The van der Waals surface area contributed by atoms with Crippen LogP contribution in [0.15, 0.2) is 181 Å². The number of phenolic OH excluding ortho intramolecular Hbond substituents is 1. The van der Waals surface area contributed by atoms with Crippen molar-refractivity contribution >= 4 is 70.5 Å². The van der Waals surface area contributed by atoms with E-state index in [9.17, 15) is 22.9 Å². The monoisotopic (exact) mass is 909 g/mol. The van der Waals surface area contributed by atoms with Crippen LogP contribution in [0.4, 0.5) is 0 Å². The van der Waals surface area contributed by atoms with Gasteiger partial charge in [-0.2, -0.15) is 18.4 Å². The highest BCUT2D eigenvalue weighted by molar-refractivity contribution is 7.86. The lowest BCUT2D eigenvalue weighted by molar-refractivity contribution is 0.103. The van der Waals surface area contributed by atoms with Gasteiger partial charge in [0.05, 0.1) is 45.8 Å². The van der Waals surface area contributed by atoms with Gasteiger partial charge in [-0.3, -0.25) is 13.9 Å². The first kappa shape index (κ1) is 40.5. The molecule has 13 nitrogen and oxygen atoms in total. The normalized spacial score (nSPS) is 11.9. The van der Waals surface area contributed by atoms with Gasteiger partial charge in [-0.05, 0) is 66.7 Å². The highest BCUT2D eigenvalue weighted by atomic mass is 32.2. The van der Waals surface area contributed by atoms with E-state index in [2.05, 4.69) is 50.5 Å². The summed E-state index contributed by atoms with van der Waals surface area (Å²) in [5, 5.41) is 14.6. The number of H-pyrrole nitrogens is 1. The molecule has 0 bridgehead atoms. The molecule has 4 heterocycles. The summed E-state index contributed by atoms with van der Waals surface area (Å²) >= 11 is 0. The fourth-order valence-electron chi connectivity index (χ4n) is 9.17. The van der Waals surface area contributed by atoms with Gasteiger partial charge in [0.1, 0.15) is 22.2 Å². The molecule has 328 valence electrons. The third kappa shape index (κ3) is 6.57. The molecule has 0 unspecified atom stereocenters. The quantitative estimate of drug-likeness (QED) is 0.0932. The largest absolute Gasteiger partial charge is 0.507 e. The summed E-state index contributed by atoms with van der Waals surface area (Å²) in [6.07, 6.45) is 0. The number of ether oxygens (including phenoxy) is 1. The third-order valence-corrected chi connectivity index (χ3v) is 13.2. The fourth-order valence-corrected chi connectivity index (χ4v) is 9.83. The molecule has 12 rings (SSSR count). The van der Waals surface area contributed by atoms with E-state index < -0.39 is 26.5 Å². The first-order valence-corrected chi connectivity index (χ1v) is 22.9. The second-order valence-corrected chi connectivity index (χ2v) is 17.7. The average molecular weight is 910 g/mol. The lowest BCUT2D eigenvalue weighted by atomic mass is 10.0. The highest BCUT2D eigenvalue weighted by Gasteiger charge is 2.26. The van der Waals surface area contributed by atoms with Crippen molar-refractivity contribution in [2.45, 2.75) is 4.90 Å². The molecule has 12 aromatic rings. The molecule has 0 saturated carbocycles. The summed E-state index contributed by atoms with van der Waals surface area (Å²) in [5.74, 6) is 0.670. The van der Waals surface area contributed by atoms with Crippen LogP contribution >= 0.6 is 0 Å². The number of para-hydroxylation sites is 3. The Bertz CT molecular complexity index is 4040. The number of nitrogens with zero attached hydrogens (tertiary/aromatic N) is 6. The smallest absolute Gasteiger partial charge is 0.298 e. The molecule has 0 radical (unpaired) electrons. The van der Waals surface area contributed by atoms with Crippen LogP contribution in [0.2, 0.25) is 0 Å². The number of benzene rings is 8. The number of hydrogen-bond acceptors (Lipinski definition) is 9. The molecular weight excluding hydrogens is 875 g/mol. The topological polar surface area (TPSA) is 178 Å². The number of aromatic amines is 1. The maximum absolute atomic E-state index is 14.0. The number of carbonyl (C=O) groups is 1. The van der Waals surface area contributed by atoms with Crippen molar-refractivity contribution in [1.29, 1.82) is 0 Å². The predicted octanol–water partition coefficient (Wildman–Crippen LogP) is 11.1. The molecule has 0 atom stereocenters. The van der Waals surface area contributed by atoms with Crippen molar-refractivity contribution in [3.63, 3.8) is 0 Å². The number of rotatable bonds is 9. The lowest BCUT2D eigenvalue weighted by Crippen LogP contribution is -2.08. The first-order chi connectivity index (χ1) is 33.1. The first-order valence-electron chi connectivity index (χ1n) is 21.5. The predicted molar refractivity (Wildman–Crippen MR) is 262 cm³/mol. The van der Waals surface area contributed by atoms with E-state index >= 15 is 0 Å².